The van der Waals surface area contributed by atoms with Crippen molar-refractivity contribution in [3.8, 4) is 11.1 Å². The van der Waals surface area contributed by atoms with E-state index in [0.717, 1.165) is 21.0 Å². The van der Waals surface area contributed by atoms with Gasteiger partial charge in [0.15, 0.2) is 0 Å². The summed E-state index contributed by atoms with van der Waals surface area (Å²) in [6.45, 7) is 27.0. The van der Waals surface area contributed by atoms with E-state index in [0.29, 0.717) is 0 Å². The van der Waals surface area contributed by atoms with Crippen LogP contribution < -0.4 is 5.56 Å². The number of H-pyrrole nitrogens is 1. The van der Waals surface area contributed by atoms with Crippen molar-refractivity contribution < 1.29 is 4.79 Å². The molecule has 0 aliphatic carbocycles. The van der Waals surface area contributed by atoms with E-state index in [1.54, 1.807) is 0 Å². The van der Waals surface area contributed by atoms with Gasteiger partial charge < -0.3 is 14.7 Å². The molecule has 0 unspecified atom stereocenters. The van der Waals surface area contributed by atoms with Crippen molar-refractivity contribution in [3.05, 3.63) is 82.5 Å². The molecule has 0 fully saturated rings. The number of aromatic amines is 1. The van der Waals surface area contributed by atoms with Crippen molar-refractivity contribution in [1.82, 2.24) is 9.88 Å². The van der Waals surface area contributed by atoms with Crippen LogP contribution in [0.2, 0.25) is 0 Å². The molecule has 0 atom stereocenters. The van der Waals surface area contributed by atoms with Gasteiger partial charge in [0, 0.05) is 16.3 Å². The zero-order valence-electron chi connectivity index (χ0n) is 24.5. The molecule has 4 rings (SSSR count). The molecular formula is C32H48N2O2S. The molecule has 204 valence electrons. The minimum atomic E-state index is -0.00351. The smallest absolute Gasteiger partial charge is 0.266 e. The van der Waals surface area contributed by atoms with Crippen LogP contribution in [0.25, 0.3) is 32.1 Å². The monoisotopic (exact) mass is 524 g/mol. The largest absolute Gasteiger partial charge is 0.321 e. The number of pyridine rings is 1. The average molecular weight is 525 g/mol. The van der Waals surface area contributed by atoms with Gasteiger partial charge in [0.1, 0.15) is 11.5 Å². The zero-order chi connectivity index (χ0) is 29.0. The quantitative estimate of drug-likeness (QED) is 0.271. The van der Waals surface area contributed by atoms with E-state index in [2.05, 4.69) is 94.2 Å². The molecule has 37 heavy (non-hydrogen) atoms. The van der Waals surface area contributed by atoms with Crippen LogP contribution in [0.1, 0.15) is 59.1 Å². The molecule has 0 saturated carbocycles. The molecule has 0 aliphatic rings. The summed E-state index contributed by atoms with van der Waals surface area (Å²) in [6, 6.07) is 14.7. The lowest BCUT2D eigenvalue weighted by atomic mass is 9.94. The van der Waals surface area contributed by atoms with Crippen LogP contribution in [-0.4, -0.2) is 36.8 Å². The fourth-order valence-electron chi connectivity index (χ4n) is 3.58. The molecule has 0 aliphatic heterocycles. The molecule has 0 bridgehead atoms. The number of nitrogens with zero attached hydrogens (tertiary/aromatic N) is 1. The molecule has 2 heterocycles. The summed E-state index contributed by atoms with van der Waals surface area (Å²) < 4.78 is 0.798. The fraction of sp³-hybridized carbons (Fsp3) is 0.375. The highest BCUT2D eigenvalue weighted by Crippen LogP contribution is 2.36. The molecule has 2 aromatic carbocycles. The summed E-state index contributed by atoms with van der Waals surface area (Å²) in [5.74, 6) is 0. The lowest BCUT2D eigenvalue weighted by Crippen LogP contribution is -2.17. The van der Waals surface area contributed by atoms with Gasteiger partial charge in [-0.1, -0.05) is 77.4 Å². The Kier molecular flexibility index (Phi) is 20.6. The van der Waals surface area contributed by atoms with E-state index in [4.69, 9.17) is 4.79 Å². The third kappa shape index (κ3) is 10.5. The van der Waals surface area contributed by atoms with Gasteiger partial charge in [0.05, 0.1) is 0 Å². The van der Waals surface area contributed by atoms with Crippen LogP contribution in [0.15, 0.2) is 65.8 Å². The van der Waals surface area contributed by atoms with Crippen molar-refractivity contribution in [2.45, 2.75) is 61.8 Å². The highest BCUT2D eigenvalue weighted by atomic mass is 32.1. The van der Waals surface area contributed by atoms with Crippen LogP contribution in [0.4, 0.5) is 0 Å². The van der Waals surface area contributed by atoms with E-state index >= 15 is 0 Å². The molecule has 0 amide bonds. The van der Waals surface area contributed by atoms with E-state index < -0.39 is 0 Å². The van der Waals surface area contributed by atoms with Gasteiger partial charge in [-0.05, 0) is 74.6 Å². The number of aromatic nitrogens is 1. The number of rotatable bonds is 4. The lowest BCUT2D eigenvalue weighted by molar-refractivity contribution is -0.0979. The van der Waals surface area contributed by atoms with Crippen molar-refractivity contribution in [2.24, 2.45) is 0 Å². The second-order valence-corrected chi connectivity index (χ2v) is 8.48. The SMILES string of the molecule is C=C.C=O.CC.CC.CCCN(C)CC.Cc1ccc(-c2c(C)ccc3[nH]c(=O)c4sccc4c23)cc1. The number of nitrogens with one attached hydrogen (secondary N) is 1. The zero-order valence-corrected chi connectivity index (χ0v) is 25.3. The van der Waals surface area contributed by atoms with Gasteiger partial charge in [0.25, 0.3) is 5.56 Å². The third-order valence-electron chi connectivity index (χ3n) is 5.29. The van der Waals surface area contributed by atoms with E-state index in [-0.39, 0.29) is 5.56 Å². The summed E-state index contributed by atoms with van der Waals surface area (Å²) in [6.07, 6.45) is 1.27. The molecule has 0 saturated heterocycles. The summed E-state index contributed by atoms with van der Waals surface area (Å²) in [7, 11) is 2.14. The van der Waals surface area contributed by atoms with Crippen LogP contribution in [0.3, 0.4) is 0 Å². The first-order valence-corrected chi connectivity index (χ1v) is 13.9. The minimum absolute atomic E-state index is 0.00351. The topological polar surface area (TPSA) is 53.2 Å². The molecule has 0 spiro atoms. The van der Waals surface area contributed by atoms with Gasteiger partial charge in [-0.15, -0.1) is 24.5 Å². The fourth-order valence-corrected chi connectivity index (χ4v) is 4.38. The number of thiophene rings is 1. The van der Waals surface area contributed by atoms with Gasteiger partial charge in [-0.2, -0.15) is 0 Å². The minimum Gasteiger partial charge on any atom is -0.321 e. The Balaban J connectivity index is 0. The first-order chi connectivity index (χ1) is 18.0. The Morgan fingerprint density at radius 2 is 1.46 bits per heavy atom. The first kappa shape index (κ1) is 36.1. The van der Waals surface area contributed by atoms with E-state index in [9.17, 15) is 4.79 Å². The number of benzene rings is 2. The second kappa shape index (κ2) is 21.1. The number of hydrogen-bond donors (Lipinski definition) is 1. The summed E-state index contributed by atoms with van der Waals surface area (Å²) in [5, 5.41) is 4.17. The van der Waals surface area contributed by atoms with Crippen molar-refractivity contribution in [1.29, 1.82) is 0 Å². The lowest BCUT2D eigenvalue weighted by Gasteiger charge is -2.12. The highest BCUT2D eigenvalue weighted by molar-refractivity contribution is 7.17. The Morgan fingerprint density at radius 3 is 1.95 bits per heavy atom. The Labute approximate surface area is 229 Å². The van der Waals surface area contributed by atoms with Crippen LogP contribution in [0, 0.1) is 13.8 Å². The summed E-state index contributed by atoms with van der Waals surface area (Å²) in [5.41, 5.74) is 5.75. The standard InChI is InChI=1S/C19H15NOS.C6H15N.2C2H6.C2H4.CH2O/c1-11-3-6-13(7-4-11)16-12(2)5-8-15-17(16)14-9-10-22-18(14)19(21)20-15;1-4-6-7(3)5-2;4*1-2/h3-10H,1-2H3,(H,20,21);4-6H2,1-3H3;2*1-2H3;1-2H2;1H2. The van der Waals surface area contributed by atoms with Gasteiger partial charge in [-0.3, -0.25) is 4.79 Å². The predicted octanol–water partition coefficient (Wildman–Crippen LogP) is 9.04. The Hall–Kier alpha value is -3.02. The normalized spacial score (nSPS) is 9.24. The summed E-state index contributed by atoms with van der Waals surface area (Å²) in [4.78, 5) is 25.5. The first-order valence-electron chi connectivity index (χ1n) is 13.0. The van der Waals surface area contributed by atoms with Crippen LogP contribution in [0.5, 0.6) is 0 Å². The maximum Gasteiger partial charge on any atom is 0.266 e. The van der Waals surface area contributed by atoms with Crippen molar-refractivity contribution in [3.63, 3.8) is 0 Å². The predicted molar refractivity (Wildman–Crippen MR) is 169 cm³/mol. The third-order valence-corrected chi connectivity index (χ3v) is 6.20. The molecule has 2 aromatic heterocycles. The number of fused-ring (bicyclic) bond motifs is 3. The molecule has 4 aromatic rings. The van der Waals surface area contributed by atoms with Crippen LogP contribution in [-0.2, 0) is 4.79 Å². The Morgan fingerprint density at radius 1 is 0.892 bits per heavy atom. The maximum absolute atomic E-state index is 12.2. The maximum atomic E-state index is 12.2. The van der Waals surface area contributed by atoms with Crippen LogP contribution >= 0.6 is 11.3 Å². The van der Waals surface area contributed by atoms with E-state index in [1.165, 1.54) is 53.1 Å². The number of carbonyl (C=O) groups is 1. The molecule has 4 nitrogen and oxygen atoms in total. The highest BCUT2D eigenvalue weighted by Gasteiger charge is 2.13. The van der Waals surface area contributed by atoms with Crippen molar-refractivity contribution in [2.75, 3.05) is 20.1 Å². The molecule has 5 heteroatoms. The summed E-state index contributed by atoms with van der Waals surface area (Å²) >= 11 is 1.50. The molecule has 1 N–H and O–H groups in total. The molecule has 0 radical (unpaired) electrons. The van der Waals surface area contributed by atoms with Gasteiger partial charge in [-0.25, -0.2) is 0 Å². The average Bonchev–Trinajstić information content (AvgIpc) is 3.46. The number of carbonyl (C=O) groups excluding carboxylic acids is 1. The second-order valence-electron chi connectivity index (χ2n) is 7.56. The van der Waals surface area contributed by atoms with Crippen molar-refractivity contribution >= 4 is 39.1 Å². The number of hydrogen-bond acceptors (Lipinski definition) is 4. The Bertz CT molecular complexity index is 1190. The molecular weight excluding hydrogens is 476 g/mol. The van der Waals surface area contributed by atoms with Gasteiger partial charge >= 0.3 is 0 Å². The van der Waals surface area contributed by atoms with E-state index in [1.807, 2.05) is 45.9 Å². The van der Waals surface area contributed by atoms with Gasteiger partial charge in [0.2, 0.25) is 0 Å². The number of aryl methyl sites for hydroxylation is 2.